The van der Waals surface area contributed by atoms with Crippen molar-refractivity contribution in [3.8, 4) is 17.1 Å². The van der Waals surface area contributed by atoms with Gasteiger partial charge in [-0.05, 0) is 88.9 Å². The van der Waals surface area contributed by atoms with Crippen LogP contribution in [0.1, 0.15) is 71.9 Å². The Morgan fingerprint density at radius 3 is 2.40 bits per heavy atom. The first kappa shape index (κ1) is 31.5. The molecule has 1 aliphatic heterocycles. The van der Waals surface area contributed by atoms with Crippen molar-refractivity contribution in [1.82, 2.24) is 20.4 Å². The molecule has 236 valence electrons. The van der Waals surface area contributed by atoms with Crippen molar-refractivity contribution in [1.29, 1.82) is 0 Å². The zero-order valence-corrected chi connectivity index (χ0v) is 26.5. The van der Waals surface area contributed by atoms with Crippen molar-refractivity contribution >= 4 is 28.9 Å². The molecule has 11 nitrogen and oxygen atoms in total. The summed E-state index contributed by atoms with van der Waals surface area (Å²) < 4.78 is 22.5. The molecule has 2 heterocycles. The molecule has 0 spiro atoms. The van der Waals surface area contributed by atoms with Gasteiger partial charge in [-0.25, -0.2) is 9.59 Å². The Morgan fingerprint density at radius 1 is 0.956 bits per heavy atom. The highest BCUT2D eigenvalue weighted by atomic mass is 16.6. The van der Waals surface area contributed by atoms with Crippen molar-refractivity contribution in [2.45, 2.75) is 78.2 Å². The summed E-state index contributed by atoms with van der Waals surface area (Å²) in [7, 11) is 0. The van der Waals surface area contributed by atoms with Gasteiger partial charge in [0, 0.05) is 12.1 Å². The number of hydrogen-bond acceptors (Lipinski definition) is 8. The zero-order valence-electron chi connectivity index (χ0n) is 26.5. The highest BCUT2D eigenvalue weighted by Gasteiger charge is 2.35. The fourth-order valence-electron chi connectivity index (χ4n) is 4.89. The molecule has 0 aliphatic carbocycles. The standard InChI is InChI=1S/C34H39N5O6/c1-33(2,3)43-31(40)36-30(37-32(41)44-34(4,5)6)39-18-10-13-27(39)29-35-28(38-45-29)25-15-14-24-20-26(17-16-23(24)19-25)42-21-22-11-8-7-9-12-22/h7-9,11-12,14-17,19-20,27H,10,13,18,21H2,1-6H3,(H,36,37,40,41). The Morgan fingerprint density at radius 2 is 1.67 bits per heavy atom. The average Bonchev–Trinajstić information content (AvgIpc) is 3.64. The van der Waals surface area contributed by atoms with Crippen molar-refractivity contribution in [2.75, 3.05) is 6.54 Å². The number of alkyl carbamates (subject to hydrolysis) is 1. The van der Waals surface area contributed by atoms with E-state index in [4.69, 9.17) is 23.7 Å². The maximum Gasteiger partial charge on any atom is 0.437 e. The van der Waals surface area contributed by atoms with Crippen molar-refractivity contribution in [3.05, 3.63) is 78.2 Å². The van der Waals surface area contributed by atoms with E-state index in [0.717, 1.165) is 34.1 Å². The van der Waals surface area contributed by atoms with Crippen LogP contribution in [-0.2, 0) is 16.1 Å². The number of carbonyl (C=O) groups is 2. The number of carbonyl (C=O) groups excluding carboxylic acids is 2. The maximum atomic E-state index is 12.7. The average molecular weight is 614 g/mol. The number of aromatic nitrogens is 2. The second-order valence-corrected chi connectivity index (χ2v) is 12.8. The quantitative estimate of drug-likeness (QED) is 0.181. The highest BCUT2D eigenvalue weighted by Crippen LogP contribution is 2.33. The van der Waals surface area contributed by atoms with Crippen LogP contribution in [0.25, 0.3) is 22.2 Å². The molecule has 0 radical (unpaired) electrons. The second-order valence-electron chi connectivity index (χ2n) is 12.8. The lowest BCUT2D eigenvalue weighted by atomic mass is 10.1. The number of fused-ring (bicyclic) bond motifs is 1. The normalized spacial score (nSPS) is 15.6. The van der Waals surface area contributed by atoms with E-state index in [1.54, 1.807) is 46.4 Å². The molecule has 0 saturated carbocycles. The van der Waals surface area contributed by atoms with Crippen LogP contribution < -0.4 is 10.1 Å². The lowest BCUT2D eigenvalue weighted by molar-refractivity contribution is 0.0553. The lowest BCUT2D eigenvalue weighted by Gasteiger charge is -2.27. The number of amides is 2. The largest absolute Gasteiger partial charge is 0.489 e. The first-order valence-electron chi connectivity index (χ1n) is 15.0. The number of guanidine groups is 1. The Labute approximate surface area is 262 Å². The van der Waals surface area contributed by atoms with E-state index in [9.17, 15) is 9.59 Å². The number of benzene rings is 3. The third kappa shape index (κ3) is 8.59. The van der Waals surface area contributed by atoms with Crippen LogP contribution in [-0.4, -0.2) is 50.9 Å². The third-order valence-corrected chi connectivity index (χ3v) is 6.77. The van der Waals surface area contributed by atoms with Crippen LogP contribution in [0.5, 0.6) is 5.75 Å². The lowest BCUT2D eigenvalue weighted by Crippen LogP contribution is -2.46. The van der Waals surface area contributed by atoms with Crippen LogP contribution in [0.4, 0.5) is 9.59 Å². The summed E-state index contributed by atoms with van der Waals surface area (Å²) in [5.41, 5.74) is 0.379. The van der Waals surface area contributed by atoms with E-state index in [1.165, 1.54) is 0 Å². The van der Waals surface area contributed by atoms with Gasteiger partial charge in [0.05, 0.1) is 0 Å². The topological polar surface area (TPSA) is 128 Å². The summed E-state index contributed by atoms with van der Waals surface area (Å²) in [4.78, 5) is 35.9. The zero-order chi connectivity index (χ0) is 32.2. The van der Waals surface area contributed by atoms with Crippen molar-refractivity contribution < 1.29 is 28.3 Å². The Hall–Kier alpha value is -4.93. The van der Waals surface area contributed by atoms with Gasteiger partial charge in [0.2, 0.25) is 17.7 Å². The molecule has 1 aliphatic rings. The van der Waals surface area contributed by atoms with E-state index in [1.807, 2.05) is 66.7 Å². The molecule has 1 saturated heterocycles. The monoisotopic (exact) mass is 613 g/mol. The Bertz CT molecular complexity index is 1690. The van der Waals surface area contributed by atoms with Crippen LogP contribution in [0, 0.1) is 0 Å². The number of rotatable bonds is 5. The van der Waals surface area contributed by atoms with Gasteiger partial charge in [-0.15, -0.1) is 4.99 Å². The summed E-state index contributed by atoms with van der Waals surface area (Å²) >= 11 is 0. The van der Waals surface area contributed by atoms with Crippen LogP contribution in [0.2, 0.25) is 0 Å². The van der Waals surface area contributed by atoms with Crippen molar-refractivity contribution in [2.24, 2.45) is 4.99 Å². The van der Waals surface area contributed by atoms with Crippen LogP contribution >= 0.6 is 0 Å². The van der Waals surface area contributed by atoms with Gasteiger partial charge in [0.1, 0.15) is 29.6 Å². The first-order valence-corrected chi connectivity index (χ1v) is 15.0. The van der Waals surface area contributed by atoms with Gasteiger partial charge in [-0.1, -0.05) is 53.7 Å². The number of likely N-dealkylation sites (tertiary alicyclic amines) is 1. The van der Waals surface area contributed by atoms with Gasteiger partial charge in [0.15, 0.2) is 0 Å². The van der Waals surface area contributed by atoms with E-state index < -0.39 is 29.4 Å². The van der Waals surface area contributed by atoms with Crippen LogP contribution in [0.3, 0.4) is 0 Å². The molecule has 1 unspecified atom stereocenters. The number of nitrogens with zero attached hydrogens (tertiary/aromatic N) is 4. The van der Waals surface area contributed by atoms with E-state index in [0.29, 0.717) is 31.3 Å². The summed E-state index contributed by atoms with van der Waals surface area (Å²) in [6.07, 6.45) is -0.188. The van der Waals surface area contributed by atoms with Crippen LogP contribution in [0.15, 0.2) is 76.2 Å². The molecule has 11 heteroatoms. The molecular formula is C34H39N5O6. The van der Waals surface area contributed by atoms with E-state index in [-0.39, 0.29) is 5.96 Å². The minimum atomic E-state index is -0.838. The molecule has 1 fully saturated rings. The first-order chi connectivity index (χ1) is 21.3. The SMILES string of the molecule is CC(C)(C)OC(=O)N=C(NC(=O)OC(C)(C)C)N1CCCC1c1nc(-c2ccc3cc(OCc4ccccc4)ccc3c2)no1. The molecule has 4 aromatic rings. The van der Waals surface area contributed by atoms with Gasteiger partial charge in [0.25, 0.3) is 0 Å². The number of ether oxygens (including phenoxy) is 3. The Kier molecular flexibility index (Phi) is 9.08. The Balaban J connectivity index is 1.34. The second kappa shape index (κ2) is 13.0. The number of hydrogen-bond donors (Lipinski definition) is 1. The molecule has 5 rings (SSSR count). The smallest absolute Gasteiger partial charge is 0.437 e. The molecule has 1 aromatic heterocycles. The molecule has 1 N–H and O–H groups in total. The molecular weight excluding hydrogens is 574 g/mol. The minimum absolute atomic E-state index is 0.00302. The number of nitrogens with one attached hydrogen (secondary N) is 1. The minimum Gasteiger partial charge on any atom is -0.489 e. The maximum absolute atomic E-state index is 12.7. The van der Waals surface area contributed by atoms with E-state index >= 15 is 0 Å². The molecule has 3 aromatic carbocycles. The highest BCUT2D eigenvalue weighted by molar-refractivity contribution is 5.99. The third-order valence-electron chi connectivity index (χ3n) is 6.77. The fourth-order valence-corrected chi connectivity index (χ4v) is 4.89. The fraction of sp³-hybridized carbons (Fsp3) is 0.382. The molecule has 45 heavy (non-hydrogen) atoms. The van der Waals surface area contributed by atoms with Gasteiger partial charge in [-0.3, -0.25) is 5.32 Å². The van der Waals surface area contributed by atoms with Gasteiger partial charge >= 0.3 is 12.2 Å². The summed E-state index contributed by atoms with van der Waals surface area (Å²) in [6.45, 7) is 11.5. The summed E-state index contributed by atoms with van der Waals surface area (Å²) in [5.74, 6) is 1.55. The predicted octanol–water partition coefficient (Wildman–Crippen LogP) is 7.42. The van der Waals surface area contributed by atoms with Crippen molar-refractivity contribution in [3.63, 3.8) is 0 Å². The van der Waals surface area contributed by atoms with Gasteiger partial charge in [-0.2, -0.15) is 4.98 Å². The summed E-state index contributed by atoms with van der Waals surface area (Å²) in [5, 5.41) is 8.90. The van der Waals surface area contributed by atoms with E-state index in [2.05, 4.69) is 15.5 Å². The molecule has 1 atom stereocenters. The molecule has 2 amide bonds. The number of aliphatic imine (C=N–C) groups is 1. The summed E-state index contributed by atoms with van der Waals surface area (Å²) in [6, 6.07) is 21.5. The van der Waals surface area contributed by atoms with Gasteiger partial charge < -0.3 is 23.6 Å². The predicted molar refractivity (Wildman–Crippen MR) is 170 cm³/mol. The molecule has 0 bridgehead atoms.